The highest BCUT2D eigenvalue weighted by atomic mass is 31.0. The average Bonchev–Trinajstić information content (AvgIpc) is 1.85. The quantitative estimate of drug-likeness (QED) is 0.340. The first kappa shape index (κ1) is 5.45. The highest BCUT2D eigenvalue weighted by molar-refractivity contribution is 7.26. The standard InChI is InChI=1S/C4H4NO2P/c6-3-1-2(8)4(7)5-3/h8H,1H2,(H,5,6,7)/p+1. The van der Waals surface area contributed by atoms with Crippen LogP contribution in [0.3, 0.4) is 0 Å². The van der Waals surface area contributed by atoms with Crippen LogP contribution in [0.15, 0.2) is 0 Å². The zero-order valence-corrected chi connectivity index (χ0v) is 5.26. The van der Waals surface area contributed by atoms with Crippen LogP contribution in [0, 0.1) is 0 Å². The molecule has 2 amide bonds. The third-order valence-corrected chi connectivity index (χ3v) is 1.36. The van der Waals surface area contributed by atoms with Crippen molar-refractivity contribution in [1.82, 2.24) is 5.32 Å². The molecule has 0 spiro atoms. The maximum absolute atomic E-state index is 10.4. The first-order valence-corrected chi connectivity index (χ1v) is 2.73. The predicted octanol–water partition coefficient (Wildman–Crippen LogP) is -0.920. The van der Waals surface area contributed by atoms with Crippen LogP contribution in [0.1, 0.15) is 6.42 Å². The van der Waals surface area contributed by atoms with Crippen LogP contribution in [-0.2, 0) is 9.59 Å². The van der Waals surface area contributed by atoms with Crippen LogP contribution >= 0.6 is 8.86 Å². The van der Waals surface area contributed by atoms with Crippen molar-refractivity contribution in [2.45, 2.75) is 6.42 Å². The molecule has 0 radical (unpaired) electrons. The number of carbonyl (C=O) groups excluding carboxylic acids is 2. The van der Waals surface area contributed by atoms with Crippen molar-refractivity contribution < 1.29 is 9.59 Å². The van der Waals surface area contributed by atoms with Crippen molar-refractivity contribution in [2.75, 3.05) is 0 Å². The van der Waals surface area contributed by atoms with Gasteiger partial charge in [-0.3, -0.25) is 14.9 Å². The molecule has 0 bridgehead atoms. The Labute approximate surface area is 48.3 Å². The molecule has 0 saturated carbocycles. The predicted molar refractivity (Wildman–Crippen MR) is 32.5 cm³/mol. The molecule has 1 rings (SSSR count). The van der Waals surface area contributed by atoms with Gasteiger partial charge in [-0.2, -0.15) is 0 Å². The van der Waals surface area contributed by atoms with E-state index in [0.717, 1.165) is 0 Å². The number of carbonyl (C=O) groups is 2. The second kappa shape index (κ2) is 1.67. The Kier molecular flexibility index (Phi) is 1.14. The van der Waals surface area contributed by atoms with Crippen molar-refractivity contribution in [3.05, 3.63) is 0 Å². The number of amides is 2. The number of imide groups is 1. The lowest BCUT2D eigenvalue weighted by atomic mass is 10.4. The Morgan fingerprint density at radius 3 is 2.25 bits per heavy atom. The molecule has 1 saturated heterocycles. The Hall–Kier alpha value is -0.690. The maximum atomic E-state index is 10.4. The molecular formula is C4H5NO2P+. The lowest BCUT2D eigenvalue weighted by molar-refractivity contribution is -0.123. The van der Waals surface area contributed by atoms with Gasteiger partial charge in [-0.15, -0.1) is 0 Å². The van der Waals surface area contributed by atoms with Gasteiger partial charge in [0.15, 0.2) is 5.29 Å². The smallest absolute Gasteiger partial charge is 0.289 e. The van der Waals surface area contributed by atoms with Crippen LogP contribution in [-0.4, -0.2) is 17.1 Å². The van der Waals surface area contributed by atoms with Gasteiger partial charge in [-0.1, -0.05) is 0 Å². The summed E-state index contributed by atoms with van der Waals surface area (Å²) in [5.74, 6) is -0.472. The molecule has 3 nitrogen and oxygen atoms in total. The molecule has 1 aliphatic rings. The van der Waals surface area contributed by atoms with Gasteiger partial charge in [0.1, 0.15) is 0 Å². The van der Waals surface area contributed by atoms with E-state index in [1.807, 2.05) is 0 Å². The van der Waals surface area contributed by atoms with E-state index in [1.54, 1.807) is 0 Å². The molecule has 1 N–H and O–H groups in total. The summed E-state index contributed by atoms with van der Waals surface area (Å²) in [4.78, 5) is 20.7. The molecule has 1 heterocycles. The van der Waals surface area contributed by atoms with E-state index in [0.29, 0.717) is 5.29 Å². The van der Waals surface area contributed by atoms with Crippen LogP contribution in [0.2, 0.25) is 0 Å². The summed E-state index contributed by atoms with van der Waals surface area (Å²) in [6.07, 6.45) is 0.240. The summed E-state index contributed by atoms with van der Waals surface area (Å²) in [5.41, 5.74) is 0. The summed E-state index contributed by atoms with van der Waals surface area (Å²) in [6.45, 7) is 0. The highest BCUT2D eigenvalue weighted by Gasteiger charge is 2.26. The fraction of sp³-hybridized carbons (Fsp3) is 0.250. The molecule has 0 aromatic heterocycles. The Morgan fingerprint density at radius 1 is 1.50 bits per heavy atom. The van der Waals surface area contributed by atoms with E-state index < -0.39 is 0 Å². The first-order chi connectivity index (χ1) is 3.70. The van der Waals surface area contributed by atoms with Crippen LogP contribution in [0.25, 0.3) is 0 Å². The van der Waals surface area contributed by atoms with E-state index in [2.05, 4.69) is 14.2 Å². The Morgan fingerprint density at radius 2 is 2.12 bits per heavy atom. The van der Waals surface area contributed by atoms with Crippen molar-refractivity contribution in [1.29, 1.82) is 0 Å². The van der Waals surface area contributed by atoms with Gasteiger partial charge in [0.2, 0.25) is 5.91 Å². The molecular weight excluding hydrogens is 125 g/mol. The molecule has 1 atom stereocenters. The van der Waals surface area contributed by atoms with Gasteiger partial charge in [0.05, 0.1) is 15.3 Å². The lowest BCUT2D eigenvalue weighted by Gasteiger charge is -1.77. The van der Waals surface area contributed by atoms with E-state index in [4.69, 9.17) is 0 Å². The number of rotatable bonds is 0. The molecule has 42 valence electrons. The second-order valence-electron chi connectivity index (χ2n) is 1.58. The van der Waals surface area contributed by atoms with Crippen molar-refractivity contribution in [3.63, 3.8) is 0 Å². The largest absolute Gasteiger partial charge is 0.296 e. The van der Waals surface area contributed by atoms with E-state index in [-0.39, 0.29) is 18.2 Å². The third kappa shape index (κ3) is 0.771. The van der Waals surface area contributed by atoms with Crippen molar-refractivity contribution >= 4 is 26.0 Å². The summed E-state index contributed by atoms with van der Waals surface area (Å²) < 4.78 is 0. The van der Waals surface area contributed by atoms with E-state index >= 15 is 0 Å². The fourth-order valence-electron chi connectivity index (χ4n) is 0.504. The van der Waals surface area contributed by atoms with E-state index in [1.165, 1.54) is 0 Å². The summed E-state index contributed by atoms with van der Waals surface area (Å²) in [5, 5.41) is 2.65. The maximum Gasteiger partial charge on any atom is 0.296 e. The van der Waals surface area contributed by atoms with Crippen LogP contribution < -0.4 is 5.32 Å². The van der Waals surface area contributed by atoms with Crippen molar-refractivity contribution in [2.24, 2.45) is 0 Å². The second-order valence-corrected chi connectivity index (χ2v) is 2.28. The highest BCUT2D eigenvalue weighted by Crippen LogP contribution is 1.96. The van der Waals surface area contributed by atoms with Crippen LogP contribution in [0.5, 0.6) is 0 Å². The van der Waals surface area contributed by atoms with Gasteiger partial charge < -0.3 is 0 Å². The molecule has 0 aliphatic carbocycles. The zero-order chi connectivity index (χ0) is 6.15. The minimum atomic E-state index is -0.264. The normalized spacial score (nSPS) is 19.2. The first-order valence-electron chi connectivity index (χ1n) is 2.15. The summed E-state index contributed by atoms with van der Waals surface area (Å²) >= 11 is 0. The molecule has 8 heavy (non-hydrogen) atoms. The Balaban J connectivity index is 2.79. The van der Waals surface area contributed by atoms with Crippen LogP contribution in [0.4, 0.5) is 0 Å². The molecule has 0 aromatic rings. The Bertz CT molecular complexity index is 157. The monoisotopic (exact) mass is 130 g/mol. The van der Waals surface area contributed by atoms with Gasteiger partial charge in [0.25, 0.3) is 5.91 Å². The number of hydrogen-bond donors (Lipinski definition) is 1. The molecule has 1 fully saturated rings. The van der Waals surface area contributed by atoms with Crippen molar-refractivity contribution in [3.8, 4) is 0 Å². The van der Waals surface area contributed by atoms with Gasteiger partial charge in [-0.25, -0.2) is 0 Å². The topological polar surface area (TPSA) is 46.2 Å². The lowest BCUT2D eigenvalue weighted by Crippen LogP contribution is -2.21. The fourth-order valence-corrected chi connectivity index (χ4v) is 0.762. The van der Waals surface area contributed by atoms with Gasteiger partial charge in [-0.05, 0) is 0 Å². The average molecular weight is 130 g/mol. The summed E-state index contributed by atoms with van der Waals surface area (Å²) in [7, 11) is 2.22. The van der Waals surface area contributed by atoms with E-state index in [9.17, 15) is 9.59 Å². The SMILES string of the molecule is O=C1CC(=[PH2+])C(=O)N1. The van der Waals surface area contributed by atoms with Gasteiger partial charge in [0, 0.05) is 0 Å². The minimum absolute atomic E-state index is 0.208. The molecule has 1 unspecified atom stereocenters. The molecule has 4 heteroatoms. The zero-order valence-electron chi connectivity index (χ0n) is 4.10. The molecule has 1 aliphatic heterocycles. The third-order valence-electron chi connectivity index (χ3n) is 0.896. The number of nitrogens with one attached hydrogen (secondary N) is 1. The van der Waals surface area contributed by atoms with Gasteiger partial charge >= 0.3 is 0 Å². The molecule has 0 aromatic carbocycles. The summed E-state index contributed by atoms with van der Waals surface area (Å²) in [6, 6.07) is 0. The minimum Gasteiger partial charge on any atom is -0.289 e. The number of hydrogen-bond acceptors (Lipinski definition) is 2.